The van der Waals surface area contributed by atoms with Crippen molar-refractivity contribution < 1.29 is 4.79 Å². The van der Waals surface area contributed by atoms with E-state index in [-0.39, 0.29) is 17.9 Å². The zero-order valence-corrected chi connectivity index (χ0v) is 11.2. The molecule has 1 amide bonds. The summed E-state index contributed by atoms with van der Waals surface area (Å²) in [6, 6.07) is 10.3. The highest BCUT2D eigenvalue weighted by Gasteiger charge is 2.25. The third-order valence-corrected chi connectivity index (χ3v) is 3.83. The predicted octanol–water partition coefficient (Wildman–Crippen LogP) is 3.56. The second-order valence-corrected chi connectivity index (χ2v) is 5.02. The van der Waals surface area contributed by atoms with Crippen molar-refractivity contribution in [3.05, 3.63) is 48.0 Å². The van der Waals surface area contributed by atoms with Gasteiger partial charge in [0.1, 0.15) is 0 Å². The maximum atomic E-state index is 12.4. The van der Waals surface area contributed by atoms with Gasteiger partial charge in [-0.05, 0) is 31.7 Å². The molecule has 1 aromatic carbocycles. The summed E-state index contributed by atoms with van der Waals surface area (Å²) in [7, 11) is 1.92. The number of hydrogen-bond donors (Lipinski definition) is 0. The molecule has 0 fully saturated rings. The highest BCUT2D eigenvalue weighted by molar-refractivity contribution is 5.79. The largest absolute Gasteiger partial charge is 0.339 e. The molecule has 96 valence electrons. The van der Waals surface area contributed by atoms with Gasteiger partial charge in [-0.25, -0.2) is 0 Å². The number of benzene rings is 1. The summed E-state index contributed by atoms with van der Waals surface area (Å²) in [5, 5.41) is 0. The van der Waals surface area contributed by atoms with E-state index < -0.39 is 0 Å². The molecule has 0 saturated carbocycles. The molecule has 2 nitrogen and oxygen atoms in total. The van der Waals surface area contributed by atoms with Gasteiger partial charge in [0, 0.05) is 13.0 Å². The van der Waals surface area contributed by atoms with E-state index in [0.717, 1.165) is 19.3 Å². The molecular weight excluding hydrogens is 222 g/mol. The van der Waals surface area contributed by atoms with Crippen molar-refractivity contribution in [3.8, 4) is 0 Å². The fourth-order valence-corrected chi connectivity index (χ4v) is 2.45. The SMILES string of the molecule is CC(c1ccccc1)N(C)C(=O)C1CC=CCC1. The molecule has 2 heteroatoms. The van der Waals surface area contributed by atoms with Gasteiger partial charge in [0.05, 0.1) is 6.04 Å². The minimum absolute atomic E-state index is 0.143. The molecule has 0 bridgehead atoms. The highest BCUT2D eigenvalue weighted by atomic mass is 16.2. The summed E-state index contributed by atoms with van der Waals surface area (Å²) in [5.41, 5.74) is 1.19. The molecule has 1 aliphatic rings. The minimum atomic E-state index is 0.143. The summed E-state index contributed by atoms with van der Waals surface area (Å²) in [5.74, 6) is 0.446. The van der Waals surface area contributed by atoms with Crippen LogP contribution in [0.5, 0.6) is 0 Å². The molecular formula is C16H21NO. The fourth-order valence-electron chi connectivity index (χ4n) is 2.45. The maximum absolute atomic E-state index is 12.4. The van der Waals surface area contributed by atoms with Gasteiger partial charge in [0.15, 0.2) is 0 Å². The van der Waals surface area contributed by atoms with Crippen LogP contribution >= 0.6 is 0 Å². The number of hydrogen-bond acceptors (Lipinski definition) is 1. The molecule has 0 radical (unpaired) electrons. The van der Waals surface area contributed by atoms with E-state index in [9.17, 15) is 4.79 Å². The molecule has 0 heterocycles. The van der Waals surface area contributed by atoms with Crippen LogP contribution in [-0.2, 0) is 4.79 Å². The van der Waals surface area contributed by atoms with Crippen LogP contribution in [0.2, 0.25) is 0 Å². The number of carbonyl (C=O) groups is 1. The molecule has 1 aliphatic carbocycles. The summed E-state index contributed by atoms with van der Waals surface area (Å²) in [6.45, 7) is 2.09. The first-order valence-corrected chi connectivity index (χ1v) is 6.66. The van der Waals surface area contributed by atoms with Crippen molar-refractivity contribution >= 4 is 5.91 Å². The highest BCUT2D eigenvalue weighted by Crippen LogP contribution is 2.25. The van der Waals surface area contributed by atoms with Gasteiger partial charge < -0.3 is 4.90 Å². The van der Waals surface area contributed by atoms with Crippen LogP contribution < -0.4 is 0 Å². The van der Waals surface area contributed by atoms with Crippen molar-refractivity contribution in [1.82, 2.24) is 4.90 Å². The zero-order chi connectivity index (χ0) is 13.0. The van der Waals surface area contributed by atoms with E-state index in [4.69, 9.17) is 0 Å². The Bertz CT molecular complexity index is 424. The lowest BCUT2D eigenvalue weighted by molar-refractivity contribution is -0.136. The Kier molecular flexibility index (Phi) is 4.19. The van der Waals surface area contributed by atoms with Gasteiger partial charge in [-0.15, -0.1) is 0 Å². The van der Waals surface area contributed by atoms with E-state index in [1.807, 2.05) is 30.1 Å². The van der Waals surface area contributed by atoms with Crippen molar-refractivity contribution in [1.29, 1.82) is 0 Å². The van der Waals surface area contributed by atoms with Gasteiger partial charge in [0.25, 0.3) is 0 Å². The van der Waals surface area contributed by atoms with Crippen LogP contribution in [0.1, 0.15) is 37.8 Å². The predicted molar refractivity (Wildman–Crippen MR) is 74.1 cm³/mol. The lowest BCUT2D eigenvalue weighted by Crippen LogP contribution is -2.35. The van der Waals surface area contributed by atoms with Gasteiger partial charge >= 0.3 is 0 Å². The number of amides is 1. The third kappa shape index (κ3) is 2.81. The Morgan fingerprint density at radius 2 is 2.00 bits per heavy atom. The van der Waals surface area contributed by atoms with Gasteiger partial charge in [-0.2, -0.15) is 0 Å². The van der Waals surface area contributed by atoms with Gasteiger partial charge in [-0.3, -0.25) is 4.79 Å². The molecule has 2 rings (SSSR count). The molecule has 2 unspecified atom stereocenters. The number of carbonyl (C=O) groups excluding carboxylic acids is 1. The van der Waals surface area contributed by atoms with Crippen LogP contribution in [0.25, 0.3) is 0 Å². The molecule has 2 atom stereocenters. The standard InChI is InChI=1S/C16H21NO/c1-13(14-9-5-3-6-10-14)17(2)16(18)15-11-7-4-8-12-15/h3-7,9-10,13,15H,8,11-12H2,1-2H3. The minimum Gasteiger partial charge on any atom is -0.339 e. The lowest BCUT2D eigenvalue weighted by atomic mass is 9.92. The second-order valence-electron chi connectivity index (χ2n) is 5.02. The first-order chi connectivity index (χ1) is 8.70. The Hall–Kier alpha value is -1.57. The molecule has 1 aromatic rings. The van der Waals surface area contributed by atoms with E-state index in [2.05, 4.69) is 31.2 Å². The second kappa shape index (κ2) is 5.85. The van der Waals surface area contributed by atoms with E-state index in [1.165, 1.54) is 5.56 Å². The quantitative estimate of drug-likeness (QED) is 0.743. The van der Waals surface area contributed by atoms with E-state index in [1.54, 1.807) is 0 Å². The maximum Gasteiger partial charge on any atom is 0.226 e. The van der Waals surface area contributed by atoms with Crippen LogP contribution in [0.3, 0.4) is 0 Å². The third-order valence-electron chi connectivity index (χ3n) is 3.83. The summed E-state index contributed by atoms with van der Waals surface area (Å²) < 4.78 is 0. The summed E-state index contributed by atoms with van der Waals surface area (Å²) in [6.07, 6.45) is 7.22. The number of nitrogens with zero attached hydrogens (tertiary/aromatic N) is 1. The average Bonchev–Trinajstić information content (AvgIpc) is 2.47. The molecule has 0 saturated heterocycles. The Labute approximate surface area is 109 Å². The first kappa shape index (κ1) is 12.9. The number of allylic oxidation sites excluding steroid dienone is 2. The summed E-state index contributed by atoms with van der Waals surface area (Å²) in [4.78, 5) is 14.3. The monoisotopic (exact) mass is 243 g/mol. The van der Waals surface area contributed by atoms with Crippen LogP contribution in [0.15, 0.2) is 42.5 Å². The fraction of sp³-hybridized carbons (Fsp3) is 0.438. The van der Waals surface area contributed by atoms with Crippen molar-refractivity contribution in [2.24, 2.45) is 5.92 Å². The lowest BCUT2D eigenvalue weighted by Gasteiger charge is -2.29. The van der Waals surface area contributed by atoms with E-state index in [0.29, 0.717) is 0 Å². The normalized spacial score (nSPS) is 20.4. The number of rotatable bonds is 3. The Morgan fingerprint density at radius 3 is 2.61 bits per heavy atom. The van der Waals surface area contributed by atoms with E-state index >= 15 is 0 Å². The van der Waals surface area contributed by atoms with Crippen LogP contribution in [-0.4, -0.2) is 17.9 Å². The van der Waals surface area contributed by atoms with Crippen molar-refractivity contribution in [3.63, 3.8) is 0 Å². The smallest absolute Gasteiger partial charge is 0.226 e. The Balaban J connectivity index is 2.04. The van der Waals surface area contributed by atoms with Gasteiger partial charge in [-0.1, -0.05) is 42.5 Å². The van der Waals surface area contributed by atoms with Crippen LogP contribution in [0, 0.1) is 5.92 Å². The first-order valence-electron chi connectivity index (χ1n) is 6.66. The summed E-state index contributed by atoms with van der Waals surface area (Å²) >= 11 is 0. The topological polar surface area (TPSA) is 20.3 Å². The van der Waals surface area contributed by atoms with Gasteiger partial charge in [0.2, 0.25) is 5.91 Å². The molecule has 0 aromatic heterocycles. The molecule has 0 spiro atoms. The molecule has 0 aliphatic heterocycles. The van der Waals surface area contributed by atoms with Crippen molar-refractivity contribution in [2.45, 2.75) is 32.2 Å². The zero-order valence-electron chi connectivity index (χ0n) is 11.2. The average molecular weight is 243 g/mol. The Morgan fingerprint density at radius 1 is 1.28 bits per heavy atom. The molecule has 0 N–H and O–H groups in total. The van der Waals surface area contributed by atoms with Crippen molar-refractivity contribution in [2.75, 3.05) is 7.05 Å². The van der Waals surface area contributed by atoms with Crippen LogP contribution in [0.4, 0.5) is 0 Å². The molecule has 18 heavy (non-hydrogen) atoms.